The first-order chi connectivity index (χ1) is 10.2. The second kappa shape index (κ2) is 5.73. The van der Waals surface area contributed by atoms with Crippen LogP contribution in [-0.4, -0.2) is 9.97 Å². The van der Waals surface area contributed by atoms with Gasteiger partial charge in [0, 0.05) is 23.7 Å². The van der Waals surface area contributed by atoms with Gasteiger partial charge < -0.3 is 5.43 Å². The van der Waals surface area contributed by atoms with Crippen LogP contribution in [0.5, 0.6) is 0 Å². The molecule has 0 atom stereocenters. The number of hydrogen-bond acceptors (Lipinski definition) is 4. The number of nitrogen functional groups attached to an aromatic ring is 1. The van der Waals surface area contributed by atoms with E-state index in [0.29, 0.717) is 17.2 Å². The monoisotopic (exact) mass is 290 g/mol. The summed E-state index contributed by atoms with van der Waals surface area (Å²) in [4.78, 5) is 8.89. The van der Waals surface area contributed by atoms with Crippen molar-refractivity contribution in [1.29, 1.82) is 0 Å². The zero-order valence-corrected chi connectivity index (χ0v) is 11.5. The highest BCUT2D eigenvalue weighted by Crippen LogP contribution is 2.25. The molecule has 21 heavy (non-hydrogen) atoms. The Bertz CT molecular complexity index is 635. The van der Waals surface area contributed by atoms with Crippen molar-refractivity contribution < 1.29 is 8.78 Å². The lowest BCUT2D eigenvalue weighted by Crippen LogP contribution is -2.18. The number of hydrogen-bond donors (Lipinski definition) is 2. The Labute approximate surface area is 121 Å². The number of nitrogens with two attached hydrogens (primary N) is 1. The molecular weight excluding hydrogens is 274 g/mol. The van der Waals surface area contributed by atoms with Gasteiger partial charge in [0.05, 0.1) is 0 Å². The lowest BCUT2D eigenvalue weighted by Gasteiger charge is -2.18. The molecule has 0 radical (unpaired) electrons. The van der Waals surface area contributed by atoms with E-state index in [0.717, 1.165) is 43.0 Å². The number of aryl methyl sites for hydroxylation is 1. The molecule has 0 unspecified atom stereocenters. The minimum absolute atomic E-state index is 0.274. The third-order valence-corrected chi connectivity index (χ3v) is 3.65. The molecule has 1 aliphatic rings. The standard InChI is InChI=1S/C15H16F2N4/c16-10-5-9(6-11(17)8-10)7-14-19-13-4-2-1-3-12(13)15(20-14)21-18/h5-6,8H,1-4,7,18H2,(H,19,20,21). The summed E-state index contributed by atoms with van der Waals surface area (Å²) in [6.07, 6.45) is 4.25. The summed E-state index contributed by atoms with van der Waals surface area (Å²) in [5.74, 6) is 5.47. The number of rotatable bonds is 3. The maximum Gasteiger partial charge on any atom is 0.147 e. The van der Waals surface area contributed by atoms with E-state index in [2.05, 4.69) is 15.4 Å². The normalized spacial score (nSPS) is 13.9. The van der Waals surface area contributed by atoms with E-state index in [1.807, 2.05) is 0 Å². The molecule has 3 rings (SSSR count). The van der Waals surface area contributed by atoms with Gasteiger partial charge in [0.25, 0.3) is 0 Å². The van der Waals surface area contributed by atoms with Gasteiger partial charge in [0.1, 0.15) is 23.3 Å². The first kappa shape index (κ1) is 13.9. The van der Waals surface area contributed by atoms with Crippen LogP contribution in [0.2, 0.25) is 0 Å². The summed E-state index contributed by atoms with van der Waals surface area (Å²) in [5, 5.41) is 0. The van der Waals surface area contributed by atoms with Crippen molar-refractivity contribution in [1.82, 2.24) is 9.97 Å². The Balaban J connectivity index is 1.95. The van der Waals surface area contributed by atoms with E-state index >= 15 is 0 Å². The highest BCUT2D eigenvalue weighted by molar-refractivity contribution is 5.47. The largest absolute Gasteiger partial charge is 0.308 e. The topological polar surface area (TPSA) is 63.8 Å². The Morgan fingerprint density at radius 1 is 1.05 bits per heavy atom. The molecule has 1 heterocycles. The molecule has 0 saturated carbocycles. The number of nitrogens with one attached hydrogen (secondary N) is 1. The maximum atomic E-state index is 13.2. The second-order valence-electron chi connectivity index (χ2n) is 5.22. The molecule has 1 aliphatic carbocycles. The van der Waals surface area contributed by atoms with Crippen LogP contribution in [0.3, 0.4) is 0 Å². The van der Waals surface area contributed by atoms with Crippen molar-refractivity contribution in [3.8, 4) is 0 Å². The molecule has 0 aliphatic heterocycles. The Hall–Kier alpha value is -2.08. The minimum atomic E-state index is -0.597. The van der Waals surface area contributed by atoms with E-state index in [4.69, 9.17) is 5.84 Å². The number of fused-ring (bicyclic) bond motifs is 1. The molecule has 110 valence electrons. The lowest BCUT2D eigenvalue weighted by molar-refractivity contribution is 0.580. The molecular formula is C15H16F2N4. The van der Waals surface area contributed by atoms with Crippen LogP contribution in [0.1, 0.15) is 35.5 Å². The van der Waals surface area contributed by atoms with Crippen molar-refractivity contribution in [3.63, 3.8) is 0 Å². The van der Waals surface area contributed by atoms with Gasteiger partial charge in [-0.3, -0.25) is 0 Å². The number of benzene rings is 1. The van der Waals surface area contributed by atoms with Crippen molar-refractivity contribution in [2.45, 2.75) is 32.1 Å². The SMILES string of the molecule is NNc1nc(Cc2cc(F)cc(F)c2)nc2c1CCCC2. The number of aromatic nitrogens is 2. The van der Waals surface area contributed by atoms with E-state index < -0.39 is 11.6 Å². The zero-order valence-electron chi connectivity index (χ0n) is 11.5. The smallest absolute Gasteiger partial charge is 0.147 e. The fourth-order valence-electron chi connectivity index (χ4n) is 2.74. The summed E-state index contributed by atoms with van der Waals surface area (Å²) in [6, 6.07) is 3.44. The average molecular weight is 290 g/mol. The van der Waals surface area contributed by atoms with E-state index in [-0.39, 0.29) is 6.42 Å². The van der Waals surface area contributed by atoms with E-state index in [1.165, 1.54) is 12.1 Å². The van der Waals surface area contributed by atoms with Crippen LogP contribution in [0.15, 0.2) is 18.2 Å². The van der Waals surface area contributed by atoms with Gasteiger partial charge in [-0.1, -0.05) is 0 Å². The van der Waals surface area contributed by atoms with Gasteiger partial charge in [-0.05, 0) is 43.4 Å². The van der Waals surface area contributed by atoms with Crippen molar-refractivity contribution >= 4 is 5.82 Å². The van der Waals surface area contributed by atoms with Crippen LogP contribution in [0.25, 0.3) is 0 Å². The molecule has 1 aromatic carbocycles. The van der Waals surface area contributed by atoms with Crippen LogP contribution >= 0.6 is 0 Å². The Kier molecular flexibility index (Phi) is 3.79. The minimum Gasteiger partial charge on any atom is -0.308 e. The first-order valence-electron chi connectivity index (χ1n) is 6.96. The van der Waals surface area contributed by atoms with Crippen molar-refractivity contribution in [3.05, 3.63) is 52.5 Å². The van der Waals surface area contributed by atoms with Crippen LogP contribution in [0.4, 0.5) is 14.6 Å². The molecule has 0 spiro atoms. The third-order valence-electron chi connectivity index (χ3n) is 3.65. The lowest BCUT2D eigenvalue weighted by atomic mass is 9.96. The average Bonchev–Trinajstić information content (AvgIpc) is 2.45. The highest BCUT2D eigenvalue weighted by atomic mass is 19.1. The molecule has 6 heteroatoms. The van der Waals surface area contributed by atoms with Gasteiger partial charge in [0.2, 0.25) is 0 Å². The molecule has 1 aromatic heterocycles. The second-order valence-corrected chi connectivity index (χ2v) is 5.22. The molecule has 0 saturated heterocycles. The Morgan fingerprint density at radius 2 is 1.76 bits per heavy atom. The number of halogens is 2. The fraction of sp³-hybridized carbons (Fsp3) is 0.333. The summed E-state index contributed by atoms with van der Waals surface area (Å²) in [7, 11) is 0. The predicted octanol–water partition coefficient (Wildman–Crippen LogP) is 2.51. The first-order valence-corrected chi connectivity index (χ1v) is 6.96. The van der Waals surface area contributed by atoms with E-state index in [9.17, 15) is 8.78 Å². The van der Waals surface area contributed by atoms with Gasteiger partial charge in [0.15, 0.2) is 0 Å². The molecule has 0 bridgehead atoms. The molecule has 2 aromatic rings. The summed E-state index contributed by atoms with van der Waals surface area (Å²) in [5.41, 5.74) is 5.15. The quantitative estimate of drug-likeness (QED) is 0.673. The van der Waals surface area contributed by atoms with Crippen molar-refractivity contribution in [2.24, 2.45) is 5.84 Å². The summed E-state index contributed by atoms with van der Waals surface area (Å²) >= 11 is 0. The zero-order chi connectivity index (χ0) is 14.8. The van der Waals surface area contributed by atoms with Gasteiger partial charge in [-0.25, -0.2) is 24.6 Å². The van der Waals surface area contributed by atoms with Gasteiger partial charge in [-0.2, -0.15) is 0 Å². The fourth-order valence-corrected chi connectivity index (χ4v) is 2.74. The van der Waals surface area contributed by atoms with Gasteiger partial charge >= 0.3 is 0 Å². The third kappa shape index (κ3) is 3.00. The summed E-state index contributed by atoms with van der Waals surface area (Å²) in [6.45, 7) is 0. The number of nitrogens with zero attached hydrogens (tertiary/aromatic N) is 2. The predicted molar refractivity (Wildman–Crippen MR) is 75.6 cm³/mol. The van der Waals surface area contributed by atoms with Crippen molar-refractivity contribution in [2.75, 3.05) is 5.43 Å². The number of hydrazine groups is 1. The molecule has 4 nitrogen and oxygen atoms in total. The van der Waals surface area contributed by atoms with Crippen LogP contribution in [-0.2, 0) is 19.3 Å². The molecule has 0 amide bonds. The Morgan fingerprint density at radius 3 is 2.48 bits per heavy atom. The number of anilines is 1. The van der Waals surface area contributed by atoms with Crippen LogP contribution in [0, 0.1) is 11.6 Å². The molecule has 0 fully saturated rings. The highest BCUT2D eigenvalue weighted by Gasteiger charge is 2.17. The van der Waals surface area contributed by atoms with Crippen LogP contribution < -0.4 is 11.3 Å². The van der Waals surface area contributed by atoms with Gasteiger partial charge in [-0.15, -0.1) is 0 Å². The maximum absolute atomic E-state index is 13.2. The molecule has 3 N–H and O–H groups in total. The summed E-state index contributed by atoms with van der Waals surface area (Å²) < 4.78 is 26.5. The van der Waals surface area contributed by atoms with E-state index in [1.54, 1.807) is 0 Å².